The van der Waals surface area contributed by atoms with Gasteiger partial charge in [0.2, 0.25) is 0 Å². The quantitative estimate of drug-likeness (QED) is 0.581. The molecule has 0 spiro atoms. The Balaban J connectivity index is 2.32. The van der Waals surface area contributed by atoms with Crippen LogP contribution in [-0.2, 0) is 0 Å². The second-order valence-corrected chi connectivity index (χ2v) is 6.56. The molecule has 0 unspecified atom stereocenters. The van der Waals surface area contributed by atoms with Crippen LogP contribution in [0.25, 0.3) is 16.8 Å². The number of hydrogen-bond acceptors (Lipinski definition) is 1. The van der Waals surface area contributed by atoms with Crippen molar-refractivity contribution < 1.29 is 4.58 Å². The van der Waals surface area contributed by atoms with E-state index in [9.17, 15) is 0 Å². The first-order valence-corrected chi connectivity index (χ1v) is 8.02. The molecule has 0 heterocycles. The van der Waals surface area contributed by atoms with E-state index >= 15 is 0 Å². The average Bonchev–Trinajstić information content (AvgIpc) is 2.48. The molecule has 0 amide bonds. The normalized spacial score (nSPS) is 11.2. The Morgan fingerprint density at radius 1 is 0.909 bits per heavy atom. The van der Waals surface area contributed by atoms with E-state index < -0.39 is 0 Å². The van der Waals surface area contributed by atoms with Gasteiger partial charge in [0, 0.05) is 30.3 Å². The van der Waals surface area contributed by atoms with Gasteiger partial charge in [0.1, 0.15) is 14.1 Å². The Morgan fingerprint density at radius 2 is 1.41 bits per heavy atom. The minimum Gasteiger partial charge on any atom is -0.377 e. The predicted octanol–water partition coefficient (Wildman–Crippen LogP) is 4.36. The monoisotopic (exact) mass is 357 g/mol. The molecule has 0 aromatic heterocycles. The zero-order valence-electron chi connectivity index (χ0n) is 13.5. The van der Waals surface area contributed by atoms with E-state index in [2.05, 4.69) is 95.7 Å². The van der Waals surface area contributed by atoms with Crippen LogP contribution in [0.4, 0.5) is 0 Å². The largest absolute Gasteiger partial charge is 0.377 e. The van der Waals surface area contributed by atoms with E-state index in [0.717, 1.165) is 4.47 Å². The third-order valence-corrected chi connectivity index (χ3v) is 3.90. The molecule has 0 fully saturated rings. The third kappa shape index (κ3) is 4.31. The Hall–Kier alpha value is -1.87. The zero-order chi connectivity index (χ0) is 16.1. The van der Waals surface area contributed by atoms with Crippen LogP contribution in [0.3, 0.4) is 0 Å². The highest BCUT2D eigenvalue weighted by Gasteiger charge is 2.05. The summed E-state index contributed by atoms with van der Waals surface area (Å²) < 4.78 is 3.14. The Kier molecular flexibility index (Phi) is 5.56. The fourth-order valence-electron chi connectivity index (χ4n) is 2.20. The van der Waals surface area contributed by atoms with Crippen molar-refractivity contribution in [1.82, 2.24) is 4.90 Å². The molecule has 0 atom stereocenters. The predicted molar refractivity (Wildman–Crippen MR) is 99.4 cm³/mol. The van der Waals surface area contributed by atoms with Gasteiger partial charge >= 0.3 is 0 Å². The van der Waals surface area contributed by atoms with Crippen LogP contribution >= 0.6 is 15.9 Å². The minimum atomic E-state index is 1.10. The number of allylic oxidation sites excluding steroid dienone is 1. The van der Waals surface area contributed by atoms with E-state index in [-0.39, 0.29) is 0 Å². The first-order chi connectivity index (χ1) is 10.5. The summed E-state index contributed by atoms with van der Waals surface area (Å²) in [5.41, 5.74) is 4.86. The van der Waals surface area contributed by atoms with E-state index in [0.29, 0.717) is 0 Å². The number of rotatable bonds is 4. The van der Waals surface area contributed by atoms with Crippen molar-refractivity contribution in [2.45, 2.75) is 0 Å². The summed E-state index contributed by atoms with van der Waals surface area (Å²) >= 11 is 3.47. The molecule has 0 saturated carbocycles. The molecule has 0 aliphatic heterocycles. The van der Waals surface area contributed by atoms with Crippen LogP contribution in [0.2, 0.25) is 0 Å². The second kappa shape index (κ2) is 7.41. The van der Waals surface area contributed by atoms with Gasteiger partial charge in [0.15, 0.2) is 6.21 Å². The lowest BCUT2D eigenvalue weighted by molar-refractivity contribution is -0.458. The molecule has 2 aromatic rings. The molecule has 0 saturated heterocycles. The van der Waals surface area contributed by atoms with Crippen molar-refractivity contribution in [1.29, 1.82) is 0 Å². The summed E-state index contributed by atoms with van der Waals surface area (Å²) in [5.74, 6) is 0. The number of benzene rings is 2. The molecular weight excluding hydrogens is 336 g/mol. The Labute approximate surface area is 141 Å². The number of hydrogen-bond donors (Lipinski definition) is 0. The van der Waals surface area contributed by atoms with Crippen LogP contribution in [0, 0.1) is 0 Å². The number of nitrogens with zero attached hydrogens (tertiary/aromatic N) is 2. The maximum atomic E-state index is 3.47. The second-order valence-electron chi connectivity index (χ2n) is 5.64. The van der Waals surface area contributed by atoms with Gasteiger partial charge in [0.25, 0.3) is 0 Å². The van der Waals surface area contributed by atoms with Crippen LogP contribution in [0.5, 0.6) is 0 Å². The van der Waals surface area contributed by atoms with Gasteiger partial charge in [-0.25, -0.2) is 4.58 Å². The van der Waals surface area contributed by atoms with Gasteiger partial charge in [-0.15, -0.1) is 0 Å². The molecule has 0 N–H and O–H groups in total. The van der Waals surface area contributed by atoms with E-state index in [1.54, 1.807) is 0 Å². The molecular formula is C19H22BrN2+. The van der Waals surface area contributed by atoms with Crippen LogP contribution in [0.15, 0.2) is 59.1 Å². The molecule has 0 bridgehead atoms. The average molecular weight is 358 g/mol. The van der Waals surface area contributed by atoms with Gasteiger partial charge in [-0.05, 0) is 28.8 Å². The summed E-state index contributed by atoms with van der Waals surface area (Å²) in [6, 6.07) is 17.1. The maximum absolute atomic E-state index is 3.47. The molecule has 2 nitrogen and oxygen atoms in total. The summed E-state index contributed by atoms with van der Waals surface area (Å²) in [6.45, 7) is 0. The first kappa shape index (κ1) is 16.5. The van der Waals surface area contributed by atoms with Gasteiger partial charge in [-0.3, -0.25) is 0 Å². The molecule has 22 heavy (non-hydrogen) atoms. The fraction of sp³-hybridized carbons (Fsp3) is 0.211. The highest BCUT2D eigenvalue weighted by molar-refractivity contribution is 9.10. The smallest absolute Gasteiger partial charge is 0.164 e. The van der Waals surface area contributed by atoms with E-state index in [1.165, 1.54) is 22.4 Å². The maximum Gasteiger partial charge on any atom is 0.164 e. The molecule has 0 radical (unpaired) electrons. The molecule has 0 aliphatic rings. The summed E-state index contributed by atoms with van der Waals surface area (Å²) in [4.78, 5) is 2.13. The minimum absolute atomic E-state index is 1.10. The first-order valence-electron chi connectivity index (χ1n) is 7.22. The summed E-state index contributed by atoms with van der Waals surface area (Å²) in [7, 11) is 8.19. The fourth-order valence-corrected chi connectivity index (χ4v) is 2.46. The Bertz CT molecular complexity index is 676. The van der Waals surface area contributed by atoms with Crippen LogP contribution < -0.4 is 0 Å². The van der Waals surface area contributed by atoms with E-state index in [4.69, 9.17) is 0 Å². The van der Waals surface area contributed by atoms with E-state index in [1.807, 2.05) is 18.7 Å². The van der Waals surface area contributed by atoms with Crippen molar-refractivity contribution >= 4 is 27.8 Å². The van der Waals surface area contributed by atoms with Crippen LogP contribution in [-0.4, -0.2) is 43.9 Å². The highest BCUT2D eigenvalue weighted by Crippen LogP contribution is 2.24. The van der Waals surface area contributed by atoms with Crippen molar-refractivity contribution in [3.63, 3.8) is 0 Å². The Morgan fingerprint density at radius 3 is 1.86 bits per heavy atom. The van der Waals surface area contributed by atoms with Crippen molar-refractivity contribution in [3.8, 4) is 11.1 Å². The van der Waals surface area contributed by atoms with Crippen molar-refractivity contribution in [2.24, 2.45) is 0 Å². The lowest BCUT2D eigenvalue weighted by Crippen LogP contribution is -2.11. The van der Waals surface area contributed by atoms with Crippen molar-refractivity contribution in [3.05, 3.63) is 64.6 Å². The number of halogens is 1. The molecule has 3 heteroatoms. The SMILES string of the molecule is CN(C)/C(=C\C=[N+](C)C)c1ccc(-c2ccc(Br)cc2)cc1. The molecule has 114 valence electrons. The summed E-state index contributed by atoms with van der Waals surface area (Å²) in [5, 5.41) is 0. The standard InChI is InChI=1S/C19H22BrN2/c1-21(2)14-13-19(22(3)4)17-7-5-15(6-8-17)16-9-11-18(20)12-10-16/h5-14H,1-4H3/q+1. The molecule has 0 aliphatic carbocycles. The van der Waals surface area contributed by atoms with Crippen LogP contribution in [0.1, 0.15) is 5.56 Å². The lowest BCUT2D eigenvalue weighted by atomic mass is 10.0. The topological polar surface area (TPSA) is 6.25 Å². The highest BCUT2D eigenvalue weighted by atomic mass is 79.9. The zero-order valence-corrected chi connectivity index (χ0v) is 15.1. The lowest BCUT2D eigenvalue weighted by Gasteiger charge is -2.17. The van der Waals surface area contributed by atoms with Gasteiger partial charge in [-0.1, -0.05) is 52.3 Å². The summed E-state index contributed by atoms with van der Waals surface area (Å²) in [6.07, 6.45) is 4.20. The third-order valence-electron chi connectivity index (χ3n) is 3.37. The molecule has 2 rings (SSSR count). The van der Waals surface area contributed by atoms with Gasteiger partial charge < -0.3 is 4.90 Å². The molecule has 2 aromatic carbocycles. The van der Waals surface area contributed by atoms with Gasteiger partial charge in [0.05, 0.1) is 0 Å². The van der Waals surface area contributed by atoms with Gasteiger partial charge in [-0.2, -0.15) is 0 Å². The van der Waals surface area contributed by atoms with Crippen molar-refractivity contribution in [2.75, 3.05) is 28.2 Å².